The summed E-state index contributed by atoms with van der Waals surface area (Å²) < 4.78 is 5.96. The van der Waals surface area contributed by atoms with Crippen LogP contribution in [0.2, 0.25) is 0 Å². The number of carbonyl (C=O) groups excluding carboxylic acids is 2. The molecule has 23 heavy (non-hydrogen) atoms. The lowest BCUT2D eigenvalue weighted by Crippen LogP contribution is -2.38. The summed E-state index contributed by atoms with van der Waals surface area (Å²) in [4.78, 5) is 21.4. The standard InChI is InChI=1S/C18H29NO4/c1-12(13(2)8-9-20)6-5-7-17-14(3)10-18(23-17)16(22)11-19-15(4)21/h6,8-9,14,16-18,22H,5,7,10-11H2,1-4H3,(H,19,21)/b12-6+,13-8+/t14-,16-,17-,18+/m0/s1. The summed E-state index contributed by atoms with van der Waals surface area (Å²) in [6.45, 7) is 7.71. The van der Waals surface area contributed by atoms with Gasteiger partial charge in [-0.2, -0.15) is 0 Å². The van der Waals surface area contributed by atoms with Crippen LogP contribution in [0.15, 0.2) is 23.3 Å². The van der Waals surface area contributed by atoms with E-state index in [9.17, 15) is 14.7 Å². The summed E-state index contributed by atoms with van der Waals surface area (Å²) in [6.07, 6.45) is 6.28. The minimum atomic E-state index is -0.665. The van der Waals surface area contributed by atoms with Gasteiger partial charge in [-0.3, -0.25) is 9.59 Å². The van der Waals surface area contributed by atoms with Crippen LogP contribution >= 0.6 is 0 Å². The normalized spacial score (nSPS) is 26.9. The van der Waals surface area contributed by atoms with Crippen LogP contribution in [0.4, 0.5) is 0 Å². The Labute approximate surface area is 138 Å². The van der Waals surface area contributed by atoms with E-state index in [1.807, 2.05) is 13.8 Å². The highest BCUT2D eigenvalue weighted by molar-refractivity contribution is 5.72. The summed E-state index contributed by atoms with van der Waals surface area (Å²) >= 11 is 0. The van der Waals surface area contributed by atoms with E-state index in [1.54, 1.807) is 6.08 Å². The summed E-state index contributed by atoms with van der Waals surface area (Å²) in [5.74, 6) is 0.235. The molecule has 1 heterocycles. The summed E-state index contributed by atoms with van der Waals surface area (Å²) in [5.41, 5.74) is 2.08. The van der Waals surface area contributed by atoms with Gasteiger partial charge < -0.3 is 15.2 Å². The van der Waals surface area contributed by atoms with E-state index < -0.39 is 6.10 Å². The van der Waals surface area contributed by atoms with Gasteiger partial charge in [-0.15, -0.1) is 0 Å². The third-order valence-corrected chi connectivity index (χ3v) is 4.42. The van der Waals surface area contributed by atoms with Crippen molar-refractivity contribution in [2.45, 2.75) is 65.3 Å². The third kappa shape index (κ3) is 6.67. The highest BCUT2D eigenvalue weighted by Gasteiger charge is 2.35. The van der Waals surface area contributed by atoms with E-state index in [2.05, 4.69) is 18.3 Å². The average molecular weight is 323 g/mol. The van der Waals surface area contributed by atoms with E-state index in [0.717, 1.165) is 36.7 Å². The maximum absolute atomic E-state index is 10.9. The van der Waals surface area contributed by atoms with Gasteiger partial charge in [0.15, 0.2) is 0 Å². The Morgan fingerprint density at radius 2 is 2.04 bits per heavy atom. The number of allylic oxidation sites excluding steroid dienone is 4. The topological polar surface area (TPSA) is 75.6 Å². The number of aldehydes is 1. The second kappa shape index (κ2) is 9.63. The van der Waals surface area contributed by atoms with Crippen LogP contribution in [0.3, 0.4) is 0 Å². The molecule has 130 valence electrons. The molecule has 5 nitrogen and oxygen atoms in total. The molecule has 0 aromatic rings. The van der Waals surface area contributed by atoms with Gasteiger partial charge in [0, 0.05) is 13.5 Å². The van der Waals surface area contributed by atoms with Gasteiger partial charge >= 0.3 is 0 Å². The Morgan fingerprint density at radius 1 is 1.35 bits per heavy atom. The smallest absolute Gasteiger partial charge is 0.216 e. The number of carbonyl (C=O) groups is 2. The molecule has 0 aromatic heterocycles. The lowest BCUT2D eigenvalue weighted by Gasteiger charge is -2.19. The molecule has 1 rings (SSSR count). The fourth-order valence-corrected chi connectivity index (χ4v) is 2.77. The van der Waals surface area contributed by atoms with Gasteiger partial charge in [-0.25, -0.2) is 0 Å². The monoisotopic (exact) mass is 323 g/mol. The number of hydrogen-bond donors (Lipinski definition) is 2. The van der Waals surface area contributed by atoms with E-state index in [-0.39, 0.29) is 24.7 Å². The van der Waals surface area contributed by atoms with E-state index in [1.165, 1.54) is 6.92 Å². The molecular formula is C18H29NO4. The van der Waals surface area contributed by atoms with Crippen molar-refractivity contribution >= 4 is 12.2 Å². The summed E-state index contributed by atoms with van der Waals surface area (Å²) in [5, 5.41) is 12.7. The van der Waals surface area contributed by atoms with Crippen LogP contribution in [0.1, 0.15) is 47.0 Å². The van der Waals surface area contributed by atoms with Gasteiger partial charge in [0.2, 0.25) is 5.91 Å². The van der Waals surface area contributed by atoms with Crippen molar-refractivity contribution in [1.29, 1.82) is 0 Å². The highest BCUT2D eigenvalue weighted by Crippen LogP contribution is 2.31. The Hall–Kier alpha value is -1.46. The van der Waals surface area contributed by atoms with E-state index in [0.29, 0.717) is 5.92 Å². The molecule has 2 N–H and O–H groups in total. The molecule has 1 aliphatic rings. The molecule has 0 unspecified atom stereocenters. The number of nitrogens with one attached hydrogen (secondary N) is 1. The fraction of sp³-hybridized carbons (Fsp3) is 0.667. The maximum Gasteiger partial charge on any atom is 0.216 e. The van der Waals surface area contributed by atoms with Crippen LogP contribution in [0.25, 0.3) is 0 Å². The van der Waals surface area contributed by atoms with E-state index in [4.69, 9.17) is 4.74 Å². The number of aliphatic hydroxyl groups is 1. The molecule has 4 atom stereocenters. The lowest BCUT2D eigenvalue weighted by molar-refractivity contribution is -0.120. The number of aliphatic hydroxyl groups excluding tert-OH is 1. The van der Waals surface area contributed by atoms with Gasteiger partial charge in [-0.05, 0) is 50.7 Å². The van der Waals surface area contributed by atoms with Gasteiger partial charge in [0.25, 0.3) is 0 Å². The molecule has 0 aromatic carbocycles. The second-order valence-electron chi connectivity index (χ2n) is 6.38. The molecule has 0 spiro atoms. The van der Waals surface area contributed by atoms with Gasteiger partial charge in [0.05, 0.1) is 18.3 Å². The maximum atomic E-state index is 10.9. The number of amides is 1. The first-order valence-corrected chi connectivity index (χ1v) is 8.22. The Morgan fingerprint density at radius 3 is 2.65 bits per heavy atom. The van der Waals surface area contributed by atoms with Crippen LogP contribution < -0.4 is 5.32 Å². The van der Waals surface area contributed by atoms with Gasteiger partial charge in [-0.1, -0.05) is 18.6 Å². The molecule has 5 heteroatoms. The van der Waals surface area contributed by atoms with Crippen molar-refractivity contribution in [2.24, 2.45) is 5.92 Å². The highest BCUT2D eigenvalue weighted by atomic mass is 16.5. The molecule has 0 saturated carbocycles. The molecule has 1 amide bonds. The Balaban J connectivity index is 2.44. The minimum absolute atomic E-state index is 0.117. The first kappa shape index (κ1) is 19.6. The molecule has 0 bridgehead atoms. The number of hydrogen-bond acceptors (Lipinski definition) is 4. The second-order valence-corrected chi connectivity index (χ2v) is 6.38. The molecule has 0 aliphatic carbocycles. The van der Waals surface area contributed by atoms with Crippen LogP contribution in [-0.2, 0) is 14.3 Å². The summed E-state index contributed by atoms with van der Waals surface area (Å²) in [6, 6.07) is 0. The molecule has 1 fully saturated rings. The first-order valence-electron chi connectivity index (χ1n) is 8.22. The Bertz CT molecular complexity index is 470. The summed E-state index contributed by atoms with van der Waals surface area (Å²) in [7, 11) is 0. The van der Waals surface area contributed by atoms with Crippen LogP contribution in [-0.4, -0.2) is 42.2 Å². The zero-order chi connectivity index (χ0) is 17.4. The van der Waals surface area contributed by atoms with Crippen molar-refractivity contribution in [3.8, 4) is 0 Å². The third-order valence-electron chi connectivity index (χ3n) is 4.42. The number of rotatable bonds is 8. The molecular weight excluding hydrogens is 294 g/mol. The molecule has 1 saturated heterocycles. The molecule has 0 radical (unpaired) electrons. The Kier molecular flexibility index (Phi) is 8.20. The predicted molar refractivity (Wildman–Crippen MR) is 89.9 cm³/mol. The van der Waals surface area contributed by atoms with Crippen LogP contribution in [0, 0.1) is 5.92 Å². The van der Waals surface area contributed by atoms with Crippen molar-refractivity contribution in [1.82, 2.24) is 5.32 Å². The SMILES string of the molecule is CC(=O)NC[C@H](O)[C@H]1C[C@H](C)[C@H](CC/C=C(C)/C(C)=C/C=O)O1. The average Bonchev–Trinajstić information content (AvgIpc) is 2.86. The lowest BCUT2D eigenvalue weighted by atomic mass is 9.96. The number of ether oxygens (including phenoxy) is 1. The fourth-order valence-electron chi connectivity index (χ4n) is 2.77. The van der Waals surface area contributed by atoms with Crippen molar-refractivity contribution in [2.75, 3.05) is 6.54 Å². The van der Waals surface area contributed by atoms with Crippen LogP contribution in [0.5, 0.6) is 0 Å². The molecule has 1 aliphatic heterocycles. The van der Waals surface area contributed by atoms with E-state index >= 15 is 0 Å². The first-order chi connectivity index (χ1) is 10.8. The predicted octanol–water partition coefficient (Wildman–Crippen LogP) is 2.15. The zero-order valence-electron chi connectivity index (χ0n) is 14.5. The largest absolute Gasteiger partial charge is 0.389 e. The van der Waals surface area contributed by atoms with Crippen molar-refractivity contribution in [3.05, 3.63) is 23.3 Å². The van der Waals surface area contributed by atoms with Crippen molar-refractivity contribution < 1.29 is 19.4 Å². The van der Waals surface area contributed by atoms with Crippen molar-refractivity contribution in [3.63, 3.8) is 0 Å². The zero-order valence-corrected chi connectivity index (χ0v) is 14.5. The quantitative estimate of drug-likeness (QED) is 0.408. The van der Waals surface area contributed by atoms with Gasteiger partial charge in [0.1, 0.15) is 6.29 Å². The minimum Gasteiger partial charge on any atom is -0.389 e.